The van der Waals surface area contributed by atoms with Crippen molar-refractivity contribution in [3.63, 3.8) is 0 Å². The summed E-state index contributed by atoms with van der Waals surface area (Å²) in [5.41, 5.74) is -0.488. The lowest BCUT2D eigenvalue weighted by Gasteiger charge is -2.33. The van der Waals surface area contributed by atoms with Crippen molar-refractivity contribution in [1.29, 1.82) is 0 Å². The molecule has 1 fully saturated rings. The largest absolute Gasteiger partial charge is 0.466 e. The topological polar surface area (TPSA) is 55.8 Å². The molecule has 19 heavy (non-hydrogen) atoms. The highest BCUT2D eigenvalue weighted by Gasteiger charge is 2.29. The van der Waals surface area contributed by atoms with E-state index < -0.39 is 5.60 Å². The van der Waals surface area contributed by atoms with Crippen molar-refractivity contribution in [2.24, 2.45) is 0 Å². The van der Waals surface area contributed by atoms with Crippen molar-refractivity contribution < 1.29 is 19.1 Å². The van der Waals surface area contributed by atoms with E-state index in [1.165, 1.54) is 0 Å². The van der Waals surface area contributed by atoms with Gasteiger partial charge in [-0.3, -0.25) is 4.79 Å². The molecule has 1 atom stereocenters. The Hall–Kier alpha value is -0.910. The van der Waals surface area contributed by atoms with Crippen LogP contribution in [-0.4, -0.2) is 53.3 Å². The number of rotatable bonds is 3. The maximum absolute atomic E-state index is 11.9. The second kappa shape index (κ2) is 7.03. The van der Waals surface area contributed by atoms with Gasteiger partial charge in [0.25, 0.3) is 0 Å². The van der Waals surface area contributed by atoms with Gasteiger partial charge in [0.05, 0.1) is 13.0 Å². The highest BCUT2D eigenvalue weighted by molar-refractivity contribution is 8.00. The van der Waals surface area contributed by atoms with E-state index in [0.717, 1.165) is 5.75 Å². The van der Waals surface area contributed by atoms with Crippen LogP contribution in [0.3, 0.4) is 0 Å². The van der Waals surface area contributed by atoms with Crippen molar-refractivity contribution >= 4 is 23.8 Å². The lowest BCUT2D eigenvalue weighted by molar-refractivity contribution is -0.143. The number of hydrogen-bond acceptors (Lipinski definition) is 5. The van der Waals surface area contributed by atoms with Crippen LogP contribution in [0.2, 0.25) is 0 Å². The number of carbonyl (C=O) groups is 2. The van der Waals surface area contributed by atoms with E-state index in [1.807, 2.05) is 20.8 Å². The lowest BCUT2D eigenvalue weighted by Crippen LogP contribution is -2.45. The molecule has 0 aromatic heterocycles. The summed E-state index contributed by atoms with van der Waals surface area (Å²) in [5.74, 6) is 0.620. The van der Waals surface area contributed by atoms with E-state index in [1.54, 1.807) is 23.6 Å². The Kier molecular flexibility index (Phi) is 5.97. The van der Waals surface area contributed by atoms with Gasteiger partial charge in [-0.2, -0.15) is 11.8 Å². The van der Waals surface area contributed by atoms with Gasteiger partial charge in [0, 0.05) is 24.1 Å². The molecule has 1 amide bonds. The standard InChI is InChI=1S/C13H23NO4S/c1-5-17-11(15)8-10-9-14(6-7-19-10)12(16)18-13(2,3)4/h10H,5-9H2,1-4H3. The summed E-state index contributed by atoms with van der Waals surface area (Å²) in [4.78, 5) is 25.1. The minimum absolute atomic E-state index is 0.0975. The Bertz CT molecular complexity index is 327. The van der Waals surface area contributed by atoms with Gasteiger partial charge in [-0.1, -0.05) is 0 Å². The highest BCUT2D eigenvalue weighted by atomic mass is 32.2. The average Bonchev–Trinajstić information content (AvgIpc) is 2.27. The van der Waals surface area contributed by atoms with Gasteiger partial charge in [-0.15, -0.1) is 0 Å². The Morgan fingerprint density at radius 1 is 1.37 bits per heavy atom. The molecule has 1 saturated heterocycles. The number of thioether (sulfide) groups is 1. The third-order valence-corrected chi connectivity index (χ3v) is 3.70. The molecule has 0 aliphatic carbocycles. The van der Waals surface area contributed by atoms with Crippen molar-refractivity contribution in [2.45, 2.75) is 45.0 Å². The van der Waals surface area contributed by atoms with Crippen molar-refractivity contribution in [1.82, 2.24) is 4.90 Å². The van der Waals surface area contributed by atoms with E-state index in [4.69, 9.17) is 9.47 Å². The van der Waals surface area contributed by atoms with Crippen LogP contribution in [0.25, 0.3) is 0 Å². The number of ether oxygens (including phenoxy) is 2. The number of esters is 1. The smallest absolute Gasteiger partial charge is 0.410 e. The van der Waals surface area contributed by atoms with E-state index in [9.17, 15) is 9.59 Å². The molecule has 0 aromatic rings. The molecule has 1 rings (SSSR count). The van der Waals surface area contributed by atoms with Gasteiger partial charge in [0.1, 0.15) is 5.60 Å². The Balaban J connectivity index is 2.45. The van der Waals surface area contributed by atoms with Crippen molar-refractivity contribution in [2.75, 3.05) is 25.4 Å². The third kappa shape index (κ3) is 6.18. The number of amides is 1. The second-order valence-electron chi connectivity index (χ2n) is 5.43. The zero-order chi connectivity index (χ0) is 14.5. The summed E-state index contributed by atoms with van der Waals surface area (Å²) in [6.07, 6.45) is 0.0410. The lowest BCUT2D eigenvalue weighted by atomic mass is 10.2. The van der Waals surface area contributed by atoms with Crippen LogP contribution in [-0.2, 0) is 14.3 Å². The number of nitrogens with zero attached hydrogens (tertiary/aromatic N) is 1. The van der Waals surface area contributed by atoms with Crippen LogP contribution >= 0.6 is 11.8 Å². The predicted octanol–water partition coefficient (Wildman–Crippen LogP) is 2.29. The normalized spacial score (nSPS) is 20.0. The van der Waals surface area contributed by atoms with Crippen LogP contribution in [0.15, 0.2) is 0 Å². The van der Waals surface area contributed by atoms with Gasteiger partial charge >= 0.3 is 12.1 Å². The molecule has 0 radical (unpaired) electrons. The summed E-state index contributed by atoms with van der Waals surface area (Å²) in [5, 5.41) is 0.0975. The molecule has 110 valence electrons. The minimum atomic E-state index is -0.488. The molecular formula is C13H23NO4S. The first-order valence-electron chi connectivity index (χ1n) is 6.57. The first-order valence-corrected chi connectivity index (χ1v) is 7.62. The summed E-state index contributed by atoms with van der Waals surface area (Å²) >= 11 is 1.71. The van der Waals surface area contributed by atoms with E-state index >= 15 is 0 Å². The molecule has 1 heterocycles. The van der Waals surface area contributed by atoms with Crippen molar-refractivity contribution in [3.05, 3.63) is 0 Å². The van der Waals surface area contributed by atoms with Crippen LogP contribution in [0.4, 0.5) is 4.79 Å². The molecule has 5 nitrogen and oxygen atoms in total. The van der Waals surface area contributed by atoms with Gasteiger partial charge in [-0.25, -0.2) is 4.79 Å². The Morgan fingerprint density at radius 2 is 2.05 bits per heavy atom. The first kappa shape index (κ1) is 16.1. The SMILES string of the molecule is CCOC(=O)CC1CN(C(=O)OC(C)(C)C)CCS1. The molecule has 0 N–H and O–H groups in total. The molecular weight excluding hydrogens is 266 g/mol. The van der Waals surface area contributed by atoms with Crippen LogP contribution in [0.1, 0.15) is 34.1 Å². The maximum atomic E-state index is 11.9. The summed E-state index contributed by atoms with van der Waals surface area (Å²) in [6.45, 7) is 8.93. The molecule has 0 aromatic carbocycles. The van der Waals surface area contributed by atoms with Crippen LogP contribution in [0, 0.1) is 0 Å². The molecule has 1 aliphatic heterocycles. The molecule has 1 unspecified atom stereocenters. The number of carbonyl (C=O) groups excluding carboxylic acids is 2. The zero-order valence-corrected chi connectivity index (χ0v) is 12.9. The predicted molar refractivity (Wildman–Crippen MR) is 75.3 cm³/mol. The number of hydrogen-bond donors (Lipinski definition) is 0. The Morgan fingerprint density at radius 3 is 2.63 bits per heavy atom. The molecule has 0 saturated carbocycles. The maximum Gasteiger partial charge on any atom is 0.410 e. The summed E-state index contributed by atoms with van der Waals surface area (Å²) < 4.78 is 10.3. The zero-order valence-electron chi connectivity index (χ0n) is 12.1. The van der Waals surface area contributed by atoms with E-state index in [2.05, 4.69) is 0 Å². The average molecular weight is 289 g/mol. The van der Waals surface area contributed by atoms with Gasteiger partial charge in [-0.05, 0) is 27.7 Å². The van der Waals surface area contributed by atoms with E-state index in [0.29, 0.717) is 26.1 Å². The molecule has 0 spiro atoms. The minimum Gasteiger partial charge on any atom is -0.466 e. The summed E-state index contributed by atoms with van der Waals surface area (Å²) in [6, 6.07) is 0. The summed E-state index contributed by atoms with van der Waals surface area (Å²) in [7, 11) is 0. The fourth-order valence-corrected chi connectivity index (χ4v) is 2.94. The molecule has 0 bridgehead atoms. The third-order valence-electron chi connectivity index (χ3n) is 2.49. The molecule has 1 aliphatic rings. The second-order valence-corrected chi connectivity index (χ2v) is 6.84. The molecule has 6 heteroatoms. The van der Waals surface area contributed by atoms with Gasteiger partial charge in [0.15, 0.2) is 0 Å². The van der Waals surface area contributed by atoms with E-state index in [-0.39, 0.29) is 17.3 Å². The van der Waals surface area contributed by atoms with Crippen molar-refractivity contribution in [3.8, 4) is 0 Å². The fraction of sp³-hybridized carbons (Fsp3) is 0.846. The first-order chi connectivity index (χ1) is 8.81. The monoisotopic (exact) mass is 289 g/mol. The Labute approximate surface area is 119 Å². The quantitative estimate of drug-likeness (QED) is 0.746. The highest BCUT2D eigenvalue weighted by Crippen LogP contribution is 2.23. The van der Waals surface area contributed by atoms with Crippen LogP contribution in [0.5, 0.6) is 0 Å². The fourth-order valence-electron chi connectivity index (χ4n) is 1.74. The van der Waals surface area contributed by atoms with Gasteiger partial charge < -0.3 is 14.4 Å². The van der Waals surface area contributed by atoms with Crippen LogP contribution < -0.4 is 0 Å². The van der Waals surface area contributed by atoms with Gasteiger partial charge in [0.2, 0.25) is 0 Å².